The third kappa shape index (κ3) is 40.1. The van der Waals surface area contributed by atoms with Crippen molar-refractivity contribution in [2.75, 3.05) is 78.9 Å². The van der Waals surface area contributed by atoms with Crippen molar-refractivity contribution in [1.29, 1.82) is 0 Å². The molecular formula is C73H119N7O30. The summed E-state index contributed by atoms with van der Waals surface area (Å²) in [7, 11) is 0. The van der Waals surface area contributed by atoms with Crippen LogP contribution in [-0.2, 0) is 143 Å². The SMILES string of the molecule is CC(=O)NC1[C@H](OCCCCCCC(=O)NCCCNCCCCN(CCCNC(=O)CCCCCCO[C@@H]2OC(COC(C)=O)[C@H](OC(C)=O)[C@H](OC(C)=O)C2NC(C)=O)C(=O)CCCCCCO[C@@H]2OC(COC(C)=O)[C@H](OC(C)=O)[C@H](OC(C)=O)C2NC(C)=O)OC(COC(C)=O)[C@H](OC(C)=O)[C@@H]1OC(C)=O. The molecule has 3 heterocycles. The highest BCUT2D eigenvalue weighted by atomic mass is 16.7. The van der Waals surface area contributed by atoms with Gasteiger partial charge in [0.25, 0.3) is 0 Å². The number of ether oxygens (including phenoxy) is 15. The molecule has 0 aromatic carbocycles. The van der Waals surface area contributed by atoms with Crippen molar-refractivity contribution in [3.63, 3.8) is 0 Å². The molecule has 0 bridgehead atoms. The summed E-state index contributed by atoms with van der Waals surface area (Å²) in [6, 6.07) is -3.29. The number of hydrogen-bond acceptors (Lipinski definition) is 31. The van der Waals surface area contributed by atoms with E-state index >= 15 is 0 Å². The van der Waals surface area contributed by atoms with Crippen LogP contribution in [0, 0.1) is 0 Å². The maximum atomic E-state index is 13.9. The highest BCUT2D eigenvalue weighted by molar-refractivity contribution is 5.78. The number of nitrogens with zero attached hydrogens (tertiary/aromatic N) is 1. The number of hydrogen-bond donors (Lipinski definition) is 6. The van der Waals surface area contributed by atoms with Crippen LogP contribution in [0.4, 0.5) is 0 Å². The van der Waals surface area contributed by atoms with Crippen molar-refractivity contribution < 1.29 is 143 Å². The molecule has 6 N–H and O–H groups in total. The second-order valence-electron chi connectivity index (χ2n) is 27.0. The van der Waals surface area contributed by atoms with Crippen molar-refractivity contribution in [2.45, 2.75) is 297 Å². The van der Waals surface area contributed by atoms with E-state index < -0.39 is 163 Å². The predicted molar refractivity (Wildman–Crippen MR) is 383 cm³/mol. The van der Waals surface area contributed by atoms with Gasteiger partial charge in [-0.2, -0.15) is 0 Å². The summed E-state index contributed by atoms with van der Waals surface area (Å²) in [5.41, 5.74) is 0. The normalized spacial score (nSPS) is 23.4. The summed E-state index contributed by atoms with van der Waals surface area (Å²) >= 11 is 0. The standard InChI is InChI=1S/C73H119N7O30/c1-44(81)77-62-68(105-53(10)90)65(102-50(7)87)56(41-99-47(4)84)108-71(62)96-38-24-16-13-19-29-59(93)75-34-27-33-74-32-22-23-36-80(61(95)31-21-15-18-26-40-98-73-64(79-46(3)83)70(107-55(12)92)67(104-52(9)89)58(110-73)43-101-49(6)86)37-28-35-76-60(94)30-20-14-17-25-39-97-72-63(78-45(2)82)69(106-54(11)91)66(103-51(8)88)57(109-72)42-100-48(5)85/h56-58,62-74H,13-43H2,1-12H3,(H,75,93)(H,76,94)(H,77,81)(H,78,82)(H,79,83)/t56?,57?,58?,62?,63?,64?,65-,66-,67-,68+,69+,70+,71+,72+,73+/m0/s1. The third-order valence-corrected chi connectivity index (χ3v) is 17.1. The Morgan fingerprint density at radius 2 is 0.591 bits per heavy atom. The zero-order chi connectivity index (χ0) is 81.7. The molecule has 0 aliphatic carbocycles. The Morgan fingerprint density at radius 1 is 0.300 bits per heavy atom. The lowest BCUT2D eigenvalue weighted by Crippen LogP contribution is -2.66. The summed E-state index contributed by atoms with van der Waals surface area (Å²) in [5.74, 6) is -8.09. The molecule has 110 heavy (non-hydrogen) atoms. The van der Waals surface area contributed by atoms with Gasteiger partial charge in [0, 0.05) is 148 Å². The van der Waals surface area contributed by atoms with Gasteiger partial charge in [-0.15, -0.1) is 0 Å². The molecule has 3 saturated heterocycles. The van der Waals surface area contributed by atoms with E-state index in [0.717, 1.165) is 48.0 Å². The summed E-state index contributed by atoms with van der Waals surface area (Å²) in [6.45, 7) is 16.4. The smallest absolute Gasteiger partial charge is 0.303 e. The predicted octanol–water partition coefficient (Wildman–Crippen LogP) is 2.07. The Labute approximate surface area is 642 Å². The molecule has 0 radical (unpaired) electrons. The fourth-order valence-electron chi connectivity index (χ4n) is 12.4. The average molecular weight is 1570 g/mol. The van der Waals surface area contributed by atoms with E-state index in [2.05, 4.69) is 31.9 Å². The van der Waals surface area contributed by atoms with Gasteiger partial charge in [0.1, 0.15) is 56.3 Å². The molecule has 3 fully saturated rings. The second kappa shape index (κ2) is 53.6. The number of esters is 9. The van der Waals surface area contributed by atoms with Crippen molar-refractivity contribution in [3.8, 4) is 0 Å². The number of carbonyl (C=O) groups is 15. The second-order valence-corrected chi connectivity index (χ2v) is 27.0. The van der Waals surface area contributed by atoms with Crippen LogP contribution in [0.25, 0.3) is 0 Å². The first kappa shape index (κ1) is 96.0. The van der Waals surface area contributed by atoms with E-state index in [1.807, 2.05) is 0 Å². The molecule has 0 spiro atoms. The minimum Gasteiger partial charge on any atom is -0.463 e. The molecule has 3 rings (SSSR count). The van der Waals surface area contributed by atoms with Crippen LogP contribution < -0.4 is 31.9 Å². The Balaban J connectivity index is 1.50. The molecule has 37 heteroatoms. The first-order chi connectivity index (χ1) is 52.3. The van der Waals surface area contributed by atoms with E-state index in [1.165, 1.54) is 41.5 Å². The Morgan fingerprint density at radius 3 is 0.909 bits per heavy atom. The zero-order valence-electron chi connectivity index (χ0n) is 65.8. The summed E-state index contributed by atoms with van der Waals surface area (Å²) < 4.78 is 84.8. The number of carbonyl (C=O) groups excluding carboxylic acids is 15. The maximum Gasteiger partial charge on any atom is 0.303 e. The van der Waals surface area contributed by atoms with Crippen LogP contribution in [0.3, 0.4) is 0 Å². The zero-order valence-corrected chi connectivity index (χ0v) is 65.8. The average Bonchev–Trinajstić information content (AvgIpc) is 0.800. The molecule has 0 aromatic heterocycles. The molecule has 3 aliphatic rings. The number of rotatable bonds is 52. The van der Waals surface area contributed by atoms with Gasteiger partial charge in [-0.05, 0) is 77.3 Å². The highest BCUT2D eigenvalue weighted by Crippen LogP contribution is 2.32. The fraction of sp³-hybridized carbons (Fsp3) is 0.795. The van der Waals surface area contributed by atoms with Crippen molar-refractivity contribution >= 4 is 89.2 Å². The fourth-order valence-corrected chi connectivity index (χ4v) is 12.4. The van der Waals surface area contributed by atoms with E-state index in [-0.39, 0.29) is 70.2 Å². The summed E-state index contributed by atoms with van der Waals surface area (Å²) in [4.78, 5) is 187. The lowest BCUT2D eigenvalue weighted by Gasteiger charge is -2.44. The maximum absolute atomic E-state index is 13.9. The van der Waals surface area contributed by atoms with Crippen LogP contribution >= 0.6 is 0 Å². The Bertz CT molecular complexity index is 2940. The number of nitrogens with one attached hydrogen (secondary N) is 6. The van der Waals surface area contributed by atoms with Gasteiger partial charge in [-0.3, -0.25) is 71.9 Å². The van der Waals surface area contributed by atoms with Crippen LogP contribution in [0.15, 0.2) is 0 Å². The summed E-state index contributed by atoms with van der Waals surface area (Å²) in [5, 5.41) is 17.3. The topological polar surface area (TPSA) is 470 Å². The van der Waals surface area contributed by atoms with Gasteiger partial charge in [-0.1, -0.05) is 38.5 Å². The summed E-state index contributed by atoms with van der Waals surface area (Å²) in [6.07, 6.45) is -3.73. The van der Waals surface area contributed by atoms with Gasteiger partial charge in [0.15, 0.2) is 55.5 Å². The van der Waals surface area contributed by atoms with Crippen LogP contribution in [0.2, 0.25) is 0 Å². The van der Waals surface area contributed by atoms with Gasteiger partial charge in [0.2, 0.25) is 35.4 Å². The molecular weight excluding hydrogens is 1450 g/mol. The third-order valence-electron chi connectivity index (χ3n) is 17.1. The van der Waals surface area contributed by atoms with E-state index in [4.69, 9.17) is 71.1 Å². The molecule has 0 saturated carbocycles. The monoisotopic (exact) mass is 1570 g/mol. The molecule has 15 atom stereocenters. The van der Waals surface area contributed by atoms with Gasteiger partial charge in [-0.25, -0.2) is 0 Å². The quantitative estimate of drug-likeness (QED) is 0.0288. The van der Waals surface area contributed by atoms with E-state index in [0.29, 0.717) is 142 Å². The van der Waals surface area contributed by atoms with Crippen LogP contribution in [0.5, 0.6) is 0 Å². The molecule has 0 aromatic rings. The molecule has 626 valence electrons. The van der Waals surface area contributed by atoms with Gasteiger partial charge < -0.3 is 108 Å². The van der Waals surface area contributed by atoms with Gasteiger partial charge >= 0.3 is 53.7 Å². The van der Waals surface area contributed by atoms with Crippen LogP contribution in [0.1, 0.15) is 205 Å². The van der Waals surface area contributed by atoms with Gasteiger partial charge in [0.05, 0.1) is 0 Å². The first-order valence-electron chi connectivity index (χ1n) is 37.8. The molecule has 3 aliphatic heterocycles. The van der Waals surface area contributed by atoms with Crippen molar-refractivity contribution in [2.24, 2.45) is 0 Å². The molecule has 6 unspecified atom stereocenters. The number of amides is 6. The van der Waals surface area contributed by atoms with Crippen LogP contribution in [-0.4, -0.2) is 265 Å². The van der Waals surface area contributed by atoms with Crippen molar-refractivity contribution in [1.82, 2.24) is 36.8 Å². The molecule has 6 amide bonds. The van der Waals surface area contributed by atoms with Crippen molar-refractivity contribution in [3.05, 3.63) is 0 Å². The molecule has 37 nitrogen and oxygen atoms in total. The largest absolute Gasteiger partial charge is 0.463 e. The Kier molecular flexibility index (Phi) is 46.8. The first-order valence-corrected chi connectivity index (χ1v) is 37.8. The minimum atomic E-state index is -1.27. The Hall–Kier alpha value is -8.23. The lowest BCUT2D eigenvalue weighted by molar-refractivity contribution is -0.277. The minimum absolute atomic E-state index is 0.0517. The van der Waals surface area contributed by atoms with E-state index in [1.54, 1.807) is 4.90 Å². The number of unbranched alkanes of at least 4 members (excludes halogenated alkanes) is 10. The van der Waals surface area contributed by atoms with E-state index in [9.17, 15) is 71.9 Å². The lowest BCUT2D eigenvalue weighted by atomic mass is 9.96. The highest BCUT2D eigenvalue weighted by Gasteiger charge is 2.54.